The Balaban J connectivity index is 2.60. The predicted octanol–water partition coefficient (Wildman–Crippen LogP) is 3.94. The zero-order valence-corrected chi connectivity index (χ0v) is 14.2. The van der Waals surface area contributed by atoms with Gasteiger partial charge in [-0.1, -0.05) is 0 Å². The molecule has 1 aliphatic rings. The van der Waals surface area contributed by atoms with Crippen molar-refractivity contribution in [2.45, 2.75) is 53.1 Å². The average molecular weight is 374 g/mol. The fourth-order valence-electron chi connectivity index (χ4n) is 2.35. The molecular weight excluding hydrogens is 355 g/mol. The Hall–Kier alpha value is -0.780. The number of rotatable bonds is 1. The zero-order chi connectivity index (χ0) is 14.4. The van der Waals surface area contributed by atoms with E-state index in [0.717, 1.165) is 33.3 Å². The van der Waals surface area contributed by atoms with Crippen LogP contribution in [0.15, 0.2) is 0 Å². The van der Waals surface area contributed by atoms with Gasteiger partial charge in [-0.2, -0.15) is 0 Å². The summed E-state index contributed by atoms with van der Waals surface area (Å²) in [6.07, 6.45) is 1.92. The van der Waals surface area contributed by atoms with Gasteiger partial charge >= 0.3 is 5.97 Å². The van der Waals surface area contributed by atoms with Crippen LogP contribution >= 0.6 is 22.6 Å². The van der Waals surface area contributed by atoms with Crippen LogP contribution < -0.4 is 9.47 Å². The number of fused-ring (bicyclic) bond motifs is 1. The molecular formula is C15H19IO3. The van der Waals surface area contributed by atoms with Crippen LogP contribution in [0.1, 0.15) is 43.9 Å². The van der Waals surface area contributed by atoms with Gasteiger partial charge < -0.3 is 9.47 Å². The largest absolute Gasteiger partial charge is 0.487 e. The first kappa shape index (κ1) is 14.6. The number of carbonyl (C=O) groups excluding carboxylic acids is 1. The normalized spacial score (nSPS) is 16.5. The summed E-state index contributed by atoms with van der Waals surface area (Å²) in [7, 11) is 0. The standard InChI is InChI=1S/C15H19IO3/c1-8-9(2)14(18-10(3)17)12(16)11-6-7-15(4,5)19-13(8)11/h6-7H2,1-5H3. The summed E-state index contributed by atoms with van der Waals surface area (Å²) in [6.45, 7) is 9.65. The number of ether oxygens (including phenoxy) is 2. The Labute approximate surface area is 127 Å². The zero-order valence-electron chi connectivity index (χ0n) is 12.0. The van der Waals surface area contributed by atoms with Gasteiger partial charge in [0.15, 0.2) is 0 Å². The topological polar surface area (TPSA) is 35.5 Å². The van der Waals surface area contributed by atoms with E-state index in [1.165, 1.54) is 12.5 Å². The van der Waals surface area contributed by atoms with Gasteiger partial charge in [-0.25, -0.2) is 0 Å². The second-order valence-electron chi connectivity index (χ2n) is 5.66. The molecule has 1 aromatic carbocycles. The van der Waals surface area contributed by atoms with Crippen molar-refractivity contribution in [3.63, 3.8) is 0 Å². The average Bonchev–Trinajstić information content (AvgIpc) is 2.30. The van der Waals surface area contributed by atoms with Crippen molar-refractivity contribution in [1.82, 2.24) is 0 Å². The van der Waals surface area contributed by atoms with Crippen molar-refractivity contribution >= 4 is 28.6 Å². The molecule has 2 rings (SSSR count). The smallest absolute Gasteiger partial charge is 0.308 e. The highest BCUT2D eigenvalue weighted by molar-refractivity contribution is 14.1. The van der Waals surface area contributed by atoms with E-state index < -0.39 is 0 Å². The van der Waals surface area contributed by atoms with E-state index >= 15 is 0 Å². The predicted molar refractivity (Wildman–Crippen MR) is 83.0 cm³/mol. The monoisotopic (exact) mass is 374 g/mol. The molecule has 0 aromatic heterocycles. The number of esters is 1. The summed E-state index contributed by atoms with van der Waals surface area (Å²) < 4.78 is 12.5. The van der Waals surface area contributed by atoms with Crippen molar-refractivity contribution in [1.29, 1.82) is 0 Å². The van der Waals surface area contributed by atoms with E-state index in [-0.39, 0.29) is 11.6 Å². The van der Waals surface area contributed by atoms with Gasteiger partial charge in [-0.15, -0.1) is 0 Å². The third kappa shape index (κ3) is 2.73. The van der Waals surface area contributed by atoms with E-state index in [2.05, 4.69) is 36.4 Å². The maximum atomic E-state index is 11.2. The molecule has 0 saturated heterocycles. The van der Waals surface area contributed by atoms with Crippen molar-refractivity contribution in [3.8, 4) is 11.5 Å². The minimum atomic E-state index is -0.280. The Morgan fingerprint density at radius 1 is 1.32 bits per heavy atom. The Morgan fingerprint density at radius 2 is 1.95 bits per heavy atom. The van der Waals surface area contributed by atoms with Crippen molar-refractivity contribution in [2.24, 2.45) is 0 Å². The summed E-state index contributed by atoms with van der Waals surface area (Å²) in [6, 6.07) is 0. The SMILES string of the molecule is CC(=O)Oc1c(C)c(C)c2c(c1I)CCC(C)(C)O2. The van der Waals surface area contributed by atoms with Crippen LogP contribution in [-0.4, -0.2) is 11.6 Å². The number of hydrogen-bond donors (Lipinski definition) is 0. The molecule has 0 unspecified atom stereocenters. The van der Waals surface area contributed by atoms with Crippen LogP contribution in [0, 0.1) is 17.4 Å². The lowest BCUT2D eigenvalue weighted by Gasteiger charge is -2.35. The first-order valence-electron chi connectivity index (χ1n) is 6.42. The minimum absolute atomic E-state index is 0.129. The first-order chi connectivity index (χ1) is 8.73. The second-order valence-corrected chi connectivity index (χ2v) is 6.73. The molecule has 0 amide bonds. The molecule has 0 radical (unpaired) electrons. The molecule has 19 heavy (non-hydrogen) atoms. The first-order valence-corrected chi connectivity index (χ1v) is 7.50. The van der Waals surface area contributed by atoms with Crippen LogP contribution in [0.5, 0.6) is 11.5 Å². The van der Waals surface area contributed by atoms with Crippen molar-refractivity contribution < 1.29 is 14.3 Å². The third-order valence-electron chi connectivity index (χ3n) is 3.58. The van der Waals surface area contributed by atoms with Crippen LogP contribution in [0.3, 0.4) is 0 Å². The molecule has 0 atom stereocenters. The van der Waals surface area contributed by atoms with Gasteiger partial charge in [-0.3, -0.25) is 4.79 Å². The summed E-state index contributed by atoms with van der Waals surface area (Å²) >= 11 is 2.25. The highest BCUT2D eigenvalue weighted by Gasteiger charge is 2.31. The van der Waals surface area contributed by atoms with E-state index in [0.29, 0.717) is 5.75 Å². The van der Waals surface area contributed by atoms with Gasteiger partial charge in [0.25, 0.3) is 0 Å². The number of benzene rings is 1. The Bertz CT molecular complexity index is 547. The summed E-state index contributed by atoms with van der Waals surface area (Å²) in [5.74, 6) is 1.37. The van der Waals surface area contributed by atoms with Gasteiger partial charge in [0.05, 0.1) is 3.57 Å². The molecule has 4 heteroatoms. The molecule has 0 spiro atoms. The van der Waals surface area contributed by atoms with E-state index in [4.69, 9.17) is 9.47 Å². The van der Waals surface area contributed by atoms with Crippen LogP contribution in [0.25, 0.3) is 0 Å². The van der Waals surface area contributed by atoms with Gasteiger partial charge in [-0.05, 0) is 74.3 Å². The number of hydrogen-bond acceptors (Lipinski definition) is 3. The Morgan fingerprint density at radius 3 is 2.53 bits per heavy atom. The van der Waals surface area contributed by atoms with Crippen molar-refractivity contribution in [3.05, 3.63) is 20.3 Å². The minimum Gasteiger partial charge on any atom is -0.487 e. The molecule has 1 heterocycles. The van der Waals surface area contributed by atoms with Crippen LogP contribution in [0.4, 0.5) is 0 Å². The molecule has 0 fully saturated rings. The van der Waals surface area contributed by atoms with Gasteiger partial charge in [0.1, 0.15) is 17.1 Å². The summed E-state index contributed by atoms with van der Waals surface area (Å²) in [5.41, 5.74) is 3.09. The molecule has 0 N–H and O–H groups in total. The molecule has 1 aliphatic heterocycles. The van der Waals surface area contributed by atoms with Crippen molar-refractivity contribution in [2.75, 3.05) is 0 Å². The highest BCUT2D eigenvalue weighted by atomic mass is 127. The fourth-order valence-corrected chi connectivity index (χ4v) is 3.38. The van der Waals surface area contributed by atoms with E-state index in [1.54, 1.807) is 0 Å². The Kier molecular flexibility index (Phi) is 3.82. The lowest BCUT2D eigenvalue weighted by Crippen LogP contribution is -2.33. The van der Waals surface area contributed by atoms with Crippen LogP contribution in [0.2, 0.25) is 0 Å². The summed E-state index contributed by atoms with van der Waals surface area (Å²) in [5, 5.41) is 0. The molecule has 3 nitrogen and oxygen atoms in total. The highest BCUT2D eigenvalue weighted by Crippen LogP contribution is 2.44. The third-order valence-corrected chi connectivity index (χ3v) is 4.72. The van der Waals surface area contributed by atoms with Crippen LogP contribution in [-0.2, 0) is 11.2 Å². The molecule has 0 aliphatic carbocycles. The quantitative estimate of drug-likeness (QED) is 0.425. The lowest BCUT2D eigenvalue weighted by atomic mass is 9.91. The van der Waals surface area contributed by atoms with E-state index in [9.17, 15) is 4.79 Å². The number of halogens is 1. The number of carbonyl (C=O) groups is 1. The lowest BCUT2D eigenvalue weighted by molar-refractivity contribution is -0.132. The molecule has 0 saturated carbocycles. The maximum Gasteiger partial charge on any atom is 0.308 e. The second kappa shape index (κ2) is 4.96. The molecule has 104 valence electrons. The maximum absolute atomic E-state index is 11.2. The molecule has 1 aromatic rings. The van der Waals surface area contributed by atoms with E-state index in [1.807, 2.05) is 13.8 Å². The molecule has 0 bridgehead atoms. The van der Waals surface area contributed by atoms with Gasteiger partial charge in [0.2, 0.25) is 0 Å². The fraction of sp³-hybridized carbons (Fsp3) is 0.533. The van der Waals surface area contributed by atoms with Gasteiger partial charge in [0, 0.05) is 12.5 Å². The summed E-state index contributed by atoms with van der Waals surface area (Å²) in [4.78, 5) is 11.2.